The Bertz CT molecular complexity index is 217. The number of nitrogens with zero attached hydrogens (tertiary/aromatic N) is 1. The maximum absolute atomic E-state index is 3.70. The van der Waals surface area contributed by atoms with Crippen molar-refractivity contribution in [1.82, 2.24) is 10.2 Å². The van der Waals surface area contributed by atoms with Crippen LogP contribution in [0, 0.1) is 0 Å². The van der Waals surface area contributed by atoms with Crippen LogP contribution in [-0.4, -0.2) is 36.1 Å². The van der Waals surface area contributed by atoms with Crippen molar-refractivity contribution < 1.29 is 0 Å². The summed E-state index contributed by atoms with van der Waals surface area (Å²) in [5.74, 6) is 0. The second kappa shape index (κ2) is 8.16. The first kappa shape index (κ1) is 16.0. The number of nitrogens with one attached hydrogen (secondary N) is 1. The quantitative estimate of drug-likeness (QED) is 0.663. The van der Waals surface area contributed by atoms with Gasteiger partial charge in [-0.1, -0.05) is 46.0 Å². The molecule has 108 valence electrons. The lowest BCUT2D eigenvalue weighted by atomic mass is 9.93. The number of rotatable bonds is 8. The van der Waals surface area contributed by atoms with E-state index in [9.17, 15) is 0 Å². The summed E-state index contributed by atoms with van der Waals surface area (Å²) in [5, 5.41) is 3.70. The summed E-state index contributed by atoms with van der Waals surface area (Å²) in [6.45, 7) is 13.0. The molecular weight excluding hydrogens is 220 g/mol. The summed E-state index contributed by atoms with van der Waals surface area (Å²) < 4.78 is 0. The third kappa shape index (κ3) is 5.27. The number of hydrogen-bond acceptors (Lipinski definition) is 2. The maximum Gasteiger partial charge on any atom is 0.0278 e. The molecule has 2 unspecified atom stereocenters. The Labute approximate surface area is 115 Å². The van der Waals surface area contributed by atoms with Gasteiger partial charge in [0.05, 0.1) is 0 Å². The molecule has 1 heterocycles. The van der Waals surface area contributed by atoms with Gasteiger partial charge >= 0.3 is 0 Å². The Morgan fingerprint density at radius 2 is 1.78 bits per heavy atom. The van der Waals surface area contributed by atoms with Crippen LogP contribution in [0.4, 0.5) is 0 Å². The van der Waals surface area contributed by atoms with Gasteiger partial charge < -0.3 is 5.32 Å². The first-order valence-electron chi connectivity index (χ1n) is 8.10. The average Bonchev–Trinajstić information content (AvgIpc) is 2.38. The summed E-state index contributed by atoms with van der Waals surface area (Å²) in [7, 11) is 0. The first-order valence-corrected chi connectivity index (χ1v) is 8.10. The fraction of sp³-hybridized carbons (Fsp3) is 1.00. The highest BCUT2D eigenvalue weighted by Gasteiger charge is 2.31. The van der Waals surface area contributed by atoms with Gasteiger partial charge in [0, 0.05) is 24.7 Å². The molecule has 0 saturated carbocycles. The van der Waals surface area contributed by atoms with Gasteiger partial charge in [-0.2, -0.15) is 0 Å². The van der Waals surface area contributed by atoms with Crippen molar-refractivity contribution in [3.05, 3.63) is 0 Å². The monoisotopic (exact) mass is 254 g/mol. The van der Waals surface area contributed by atoms with Crippen molar-refractivity contribution in [2.24, 2.45) is 0 Å². The van der Waals surface area contributed by atoms with Gasteiger partial charge in [-0.3, -0.25) is 4.90 Å². The van der Waals surface area contributed by atoms with Crippen molar-refractivity contribution in [2.75, 3.05) is 19.6 Å². The van der Waals surface area contributed by atoms with Crippen molar-refractivity contribution in [3.8, 4) is 0 Å². The third-order valence-electron chi connectivity index (χ3n) is 4.58. The molecule has 18 heavy (non-hydrogen) atoms. The van der Waals surface area contributed by atoms with Crippen molar-refractivity contribution in [1.29, 1.82) is 0 Å². The van der Waals surface area contributed by atoms with Gasteiger partial charge in [-0.15, -0.1) is 0 Å². The van der Waals surface area contributed by atoms with Gasteiger partial charge in [0.1, 0.15) is 0 Å². The molecule has 1 N–H and O–H groups in total. The Kier molecular flexibility index (Phi) is 7.25. The lowest BCUT2D eigenvalue weighted by molar-refractivity contribution is 0.0914. The van der Waals surface area contributed by atoms with Gasteiger partial charge in [-0.25, -0.2) is 0 Å². The Morgan fingerprint density at radius 3 is 2.44 bits per heavy atom. The molecule has 0 spiro atoms. The van der Waals surface area contributed by atoms with E-state index in [0.717, 1.165) is 6.54 Å². The number of hydrogen-bond donors (Lipinski definition) is 1. The van der Waals surface area contributed by atoms with Crippen molar-refractivity contribution in [3.63, 3.8) is 0 Å². The molecule has 1 rings (SSSR count). The molecule has 0 aliphatic carbocycles. The minimum atomic E-state index is 0.342. The highest BCUT2D eigenvalue weighted by Crippen LogP contribution is 2.19. The molecule has 1 fully saturated rings. The van der Waals surface area contributed by atoms with Crippen LogP contribution in [0.3, 0.4) is 0 Å². The van der Waals surface area contributed by atoms with Crippen LogP contribution in [0.5, 0.6) is 0 Å². The Morgan fingerprint density at radius 1 is 1.11 bits per heavy atom. The first-order chi connectivity index (χ1) is 8.61. The van der Waals surface area contributed by atoms with E-state index in [1.807, 2.05) is 0 Å². The van der Waals surface area contributed by atoms with E-state index in [-0.39, 0.29) is 0 Å². The predicted octanol–water partition coefficient (Wildman–Crippen LogP) is 3.81. The van der Waals surface area contributed by atoms with Crippen LogP contribution in [-0.2, 0) is 0 Å². The number of unbranched alkanes of at least 4 members (excludes halogenated alkanes) is 5. The maximum atomic E-state index is 3.70. The normalized spacial score (nSPS) is 29.7. The molecule has 2 heteroatoms. The van der Waals surface area contributed by atoms with E-state index in [1.54, 1.807) is 0 Å². The average molecular weight is 254 g/mol. The molecule has 0 amide bonds. The fourth-order valence-electron chi connectivity index (χ4n) is 2.81. The zero-order valence-electron chi connectivity index (χ0n) is 13.1. The summed E-state index contributed by atoms with van der Waals surface area (Å²) >= 11 is 0. The molecular formula is C16H34N2. The van der Waals surface area contributed by atoms with E-state index in [1.165, 1.54) is 58.0 Å². The number of piperazine rings is 1. The van der Waals surface area contributed by atoms with Crippen LogP contribution < -0.4 is 5.32 Å². The SMILES string of the molecule is CCCCCCCCN1CC(C)(CC)NCC1C. The summed E-state index contributed by atoms with van der Waals surface area (Å²) in [6, 6.07) is 0.709. The highest BCUT2D eigenvalue weighted by molar-refractivity contribution is 4.92. The predicted molar refractivity (Wildman–Crippen MR) is 81.1 cm³/mol. The van der Waals surface area contributed by atoms with Gasteiger partial charge in [0.15, 0.2) is 0 Å². The third-order valence-corrected chi connectivity index (χ3v) is 4.58. The molecule has 2 nitrogen and oxygen atoms in total. The summed E-state index contributed by atoms with van der Waals surface area (Å²) in [5.41, 5.74) is 0.342. The molecule has 2 atom stereocenters. The standard InChI is InChI=1S/C16H34N2/c1-5-7-8-9-10-11-12-18-14-16(4,6-2)17-13-15(18)3/h15,17H,5-14H2,1-4H3. The zero-order valence-corrected chi connectivity index (χ0v) is 13.1. The molecule has 0 aromatic heterocycles. The largest absolute Gasteiger partial charge is 0.309 e. The molecule has 0 radical (unpaired) electrons. The van der Waals surface area contributed by atoms with Crippen LogP contribution in [0.2, 0.25) is 0 Å². The van der Waals surface area contributed by atoms with Gasteiger partial charge in [0.25, 0.3) is 0 Å². The minimum Gasteiger partial charge on any atom is -0.309 e. The lowest BCUT2D eigenvalue weighted by Gasteiger charge is -2.45. The van der Waals surface area contributed by atoms with Crippen LogP contribution in [0.1, 0.15) is 72.6 Å². The second-order valence-corrected chi connectivity index (χ2v) is 6.38. The van der Waals surface area contributed by atoms with Crippen molar-refractivity contribution in [2.45, 2.75) is 84.2 Å². The molecule has 0 aromatic rings. The fourth-order valence-corrected chi connectivity index (χ4v) is 2.81. The molecule has 1 aliphatic rings. The van der Waals surface area contributed by atoms with E-state index >= 15 is 0 Å². The van der Waals surface area contributed by atoms with Gasteiger partial charge in [-0.05, 0) is 33.2 Å². The molecule has 0 bridgehead atoms. The molecule has 1 aliphatic heterocycles. The van der Waals surface area contributed by atoms with E-state index in [2.05, 4.69) is 37.9 Å². The van der Waals surface area contributed by atoms with Crippen LogP contribution in [0.15, 0.2) is 0 Å². The topological polar surface area (TPSA) is 15.3 Å². The van der Waals surface area contributed by atoms with E-state index in [0.29, 0.717) is 11.6 Å². The Balaban J connectivity index is 2.19. The Hall–Kier alpha value is -0.0800. The summed E-state index contributed by atoms with van der Waals surface area (Å²) in [4.78, 5) is 2.69. The highest BCUT2D eigenvalue weighted by atomic mass is 15.2. The second-order valence-electron chi connectivity index (χ2n) is 6.38. The zero-order chi connectivity index (χ0) is 13.4. The summed E-state index contributed by atoms with van der Waals surface area (Å²) in [6.07, 6.45) is 9.65. The lowest BCUT2D eigenvalue weighted by Crippen LogP contribution is -2.61. The van der Waals surface area contributed by atoms with E-state index < -0.39 is 0 Å². The minimum absolute atomic E-state index is 0.342. The van der Waals surface area contributed by atoms with Gasteiger partial charge in [0.2, 0.25) is 0 Å². The van der Waals surface area contributed by atoms with Crippen LogP contribution in [0.25, 0.3) is 0 Å². The molecule has 0 aromatic carbocycles. The van der Waals surface area contributed by atoms with Crippen LogP contribution >= 0.6 is 0 Å². The van der Waals surface area contributed by atoms with Crippen molar-refractivity contribution >= 4 is 0 Å². The smallest absolute Gasteiger partial charge is 0.0278 e. The molecule has 1 saturated heterocycles. The van der Waals surface area contributed by atoms with E-state index in [4.69, 9.17) is 0 Å².